The molecule has 0 aliphatic heterocycles. The van der Waals surface area contributed by atoms with Crippen LogP contribution in [0.5, 0.6) is 0 Å². The van der Waals surface area contributed by atoms with Gasteiger partial charge in [-0.1, -0.05) is 18.0 Å². The Balaban J connectivity index is 2.02. The number of rotatable bonds is 6. The molecule has 1 atom stereocenters. The highest BCUT2D eigenvalue weighted by molar-refractivity contribution is 7.89. The Morgan fingerprint density at radius 2 is 1.74 bits per heavy atom. The third kappa shape index (κ3) is 5.45. The number of sulfonamides is 1. The molecule has 1 aromatic carbocycles. The summed E-state index contributed by atoms with van der Waals surface area (Å²) in [4.78, 5) is 1.67. The summed E-state index contributed by atoms with van der Waals surface area (Å²) in [5.41, 5.74) is -0.500. The second-order valence-corrected chi connectivity index (χ2v) is 9.42. The molecule has 0 bridgehead atoms. The summed E-state index contributed by atoms with van der Waals surface area (Å²) in [6.07, 6.45) is 6.39. The molecule has 6 heteroatoms. The quantitative estimate of drug-likeness (QED) is 0.818. The molecule has 1 fully saturated rings. The summed E-state index contributed by atoms with van der Waals surface area (Å²) in [7, 11) is -1.36. The topological polar surface area (TPSA) is 50.6 Å². The molecule has 0 heterocycles. The lowest BCUT2D eigenvalue weighted by molar-refractivity contribution is -0.910. The van der Waals surface area contributed by atoms with Crippen LogP contribution in [0.1, 0.15) is 46.0 Å². The number of hydrogen-bond acceptors (Lipinski definition) is 2. The number of nitrogens with one attached hydrogen (secondary N) is 2. The molecule has 0 amide bonds. The Hall–Kier alpha value is -0.620. The zero-order chi connectivity index (χ0) is 17.1. The third-order valence-corrected chi connectivity index (χ3v) is 6.52. The van der Waals surface area contributed by atoms with E-state index in [-0.39, 0.29) is 4.90 Å². The van der Waals surface area contributed by atoms with Crippen molar-refractivity contribution in [1.29, 1.82) is 0 Å². The van der Waals surface area contributed by atoms with Crippen molar-refractivity contribution in [3.63, 3.8) is 0 Å². The van der Waals surface area contributed by atoms with Crippen LogP contribution in [0.2, 0.25) is 5.02 Å². The van der Waals surface area contributed by atoms with Crippen molar-refractivity contribution < 1.29 is 13.3 Å². The molecule has 0 aromatic heterocycles. The molecule has 1 aliphatic carbocycles. The van der Waals surface area contributed by atoms with Crippen molar-refractivity contribution in [3.05, 3.63) is 29.3 Å². The first-order valence-corrected chi connectivity index (χ1v) is 10.2. The fraction of sp³-hybridized carbons (Fsp3) is 0.647. The minimum absolute atomic E-state index is 0.255. The summed E-state index contributed by atoms with van der Waals surface area (Å²) < 4.78 is 28.0. The Morgan fingerprint density at radius 3 is 2.30 bits per heavy atom. The summed E-state index contributed by atoms with van der Waals surface area (Å²) in [6.45, 7) is 4.67. The minimum atomic E-state index is -3.53. The van der Waals surface area contributed by atoms with E-state index in [4.69, 9.17) is 11.6 Å². The summed E-state index contributed by atoms with van der Waals surface area (Å²) in [5.74, 6) is 0. The van der Waals surface area contributed by atoms with Gasteiger partial charge in [0.1, 0.15) is 0 Å². The second-order valence-electron chi connectivity index (χ2n) is 7.30. The average Bonchev–Trinajstić information content (AvgIpc) is 2.47. The lowest BCUT2D eigenvalue weighted by atomic mass is 9.93. The second kappa shape index (κ2) is 7.51. The third-order valence-electron chi connectivity index (χ3n) is 4.56. The molecule has 1 saturated carbocycles. The van der Waals surface area contributed by atoms with E-state index in [0.717, 1.165) is 6.54 Å². The Bertz CT molecular complexity index is 608. The lowest BCUT2D eigenvalue weighted by Gasteiger charge is -2.34. The number of benzene rings is 1. The molecule has 0 radical (unpaired) electrons. The first kappa shape index (κ1) is 18.7. The molecule has 4 nitrogen and oxygen atoms in total. The van der Waals surface area contributed by atoms with Gasteiger partial charge in [0, 0.05) is 5.02 Å². The Kier molecular flexibility index (Phi) is 6.11. The standard InChI is InChI=1S/C17H27ClN2O2S/c1-17(2,13-20(3)15-7-5-4-6-8-15)19-23(21,22)16-11-9-14(18)10-12-16/h9-12,15,19H,4-8,13H2,1-3H3/p+1. The molecule has 0 saturated heterocycles. The predicted molar refractivity (Wildman–Crippen MR) is 94.5 cm³/mol. The van der Waals surface area contributed by atoms with Gasteiger partial charge in [0.15, 0.2) is 0 Å². The number of quaternary nitrogens is 1. The maximum absolute atomic E-state index is 12.6. The number of halogens is 1. The van der Waals surface area contributed by atoms with Crippen LogP contribution in [0.25, 0.3) is 0 Å². The summed E-state index contributed by atoms with van der Waals surface area (Å²) in [5, 5.41) is 0.532. The molecule has 23 heavy (non-hydrogen) atoms. The zero-order valence-electron chi connectivity index (χ0n) is 14.2. The largest absolute Gasteiger partial charge is 0.333 e. The molecule has 130 valence electrons. The van der Waals surface area contributed by atoms with Crippen LogP contribution in [0.4, 0.5) is 0 Å². The van der Waals surface area contributed by atoms with Crippen LogP contribution >= 0.6 is 11.6 Å². The molecular formula is C17H28ClN2O2S+. The fourth-order valence-electron chi connectivity index (χ4n) is 3.51. The van der Waals surface area contributed by atoms with E-state index in [2.05, 4.69) is 11.8 Å². The average molecular weight is 360 g/mol. The van der Waals surface area contributed by atoms with E-state index < -0.39 is 15.6 Å². The Labute approximate surface area is 145 Å². The normalized spacial score (nSPS) is 18.8. The van der Waals surface area contributed by atoms with Gasteiger partial charge in [-0.05, 0) is 63.8 Å². The van der Waals surface area contributed by atoms with E-state index in [1.165, 1.54) is 37.0 Å². The molecule has 2 N–H and O–H groups in total. The van der Waals surface area contributed by atoms with Gasteiger partial charge in [-0.25, -0.2) is 8.42 Å². The van der Waals surface area contributed by atoms with Crippen LogP contribution < -0.4 is 9.62 Å². The maximum atomic E-state index is 12.6. The van der Waals surface area contributed by atoms with Gasteiger partial charge < -0.3 is 4.90 Å². The minimum Gasteiger partial charge on any atom is -0.333 e. The monoisotopic (exact) mass is 359 g/mol. The van der Waals surface area contributed by atoms with Crippen molar-refractivity contribution in [3.8, 4) is 0 Å². The van der Waals surface area contributed by atoms with Crippen molar-refractivity contribution >= 4 is 21.6 Å². The van der Waals surface area contributed by atoms with Gasteiger partial charge in [-0.2, -0.15) is 4.72 Å². The van der Waals surface area contributed by atoms with E-state index in [1.54, 1.807) is 24.3 Å². The van der Waals surface area contributed by atoms with Crippen molar-refractivity contribution in [2.75, 3.05) is 13.6 Å². The van der Waals surface area contributed by atoms with Gasteiger partial charge in [0.05, 0.1) is 30.1 Å². The van der Waals surface area contributed by atoms with Crippen LogP contribution in [0.3, 0.4) is 0 Å². The van der Waals surface area contributed by atoms with Gasteiger partial charge >= 0.3 is 0 Å². The van der Waals surface area contributed by atoms with E-state index >= 15 is 0 Å². The molecule has 0 spiro atoms. The maximum Gasteiger partial charge on any atom is 0.241 e. The fourth-order valence-corrected chi connectivity index (χ4v) is 5.05. The first-order chi connectivity index (χ1) is 10.7. The smallest absolute Gasteiger partial charge is 0.241 e. The van der Waals surface area contributed by atoms with E-state index in [9.17, 15) is 8.42 Å². The molecule has 1 aromatic rings. The highest BCUT2D eigenvalue weighted by Crippen LogP contribution is 2.17. The SMILES string of the molecule is C[NH+](CC(C)(C)NS(=O)(=O)c1ccc(Cl)cc1)C1CCCCC1. The molecular weight excluding hydrogens is 332 g/mol. The summed E-state index contributed by atoms with van der Waals surface area (Å²) in [6, 6.07) is 6.92. The van der Waals surface area contributed by atoms with Crippen molar-refractivity contribution in [2.45, 2.75) is 62.4 Å². The van der Waals surface area contributed by atoms with Gasteiger partial charge in [-0.3, -0.25) is 0 Å². The van der Waals surface area contributed by atoms with Gasteiger partial charge in [0.2, 0.25) is 10.0 Å². The van der Waals surface area contributed by atoms with Crippen LogP contribution in [-0.2, 0) is 10.0 Å². The highest BCUT2D eigenvalue weighted by atomic mass is 35.5. The van der Waals surface area contributed by atoms with Crippen molar-refractivity contribution in [2.24, 2.45) is 0 Å². The van der Waals surface area contributed by atoms with Gasteiger partial charge in [-0.15, -0.1) is 0 Å². The van der Waals surface area contributed by atoms with Crippen LogP contribution in [0, 0.1) is 0 Å². The first-order valence-electron chi connectivity index (χ1n) is 8.31. The molecule has 2 rings (SSSR count). The molecule has 1 unspecified atom stereocenters. The van der Waals surface area contributed by atoms with Gasteiger partial charge in [0.25, 0.3) is 0 Å². The summed E-state index contributed by atoms with van der Waals surface area (Å²) >= 11 is 5.83. The van der Waals surface area contributed by atoms with E-state index in [1.807, 2.05) is 13.8 Å². The molecule has 1 aliphatic rings. The van der Waals surface area contributed by atoms with E-state index in [0.29, 0.717) is 11.1 Å². The Morgan fingerprint density at radius 1 is 1.17 bits per heavy atom. The highest BCUT2D eigenvalue weighted by Gasteiger charge is 2.32. The number of likely N-dealkylation sites (N-methyl/N-ethyl adjacent to an activating group) is 1. The van der Waals surface area contributed by atoms with Crippen molar-refractivity contribution in [1.82, 2.24) is 4.72 Å². The predicted octanol–water partition coefficient (Wildman–Crippen LogP) is 2.24. The number of hydrogen-bond donors (Lipinski definition) is 2. The zero-order valence-corrected chi connectivity index (χ0v) is 15.8. The van der Waals surface area contributed by atoms with Crippen LogP contribution in [0.15, 0.2) is 29.2 Å². The van der Waals surface area contributed by atoms with Crippen LogP contribution in [-0.4, -0.2) is 33.6 Å². The lowest BCUT2D eigenvalue weighted by Crippen LogP contribution is -3.15.